The summed E-state index contributed by atoms with van der Waals surface area (Å²) in [5.41, 5.74) is -4.22. The summed E-state index contributed by atoms with van der Waals surface area (Å²) in [5.74, 6) is -0.778. The van der Waals surface area contributed by atoms with Gasteiger partial charge >= 0.3 is 12.4 Å². The molecular formula is C18H20F6N4O2S. The molecule has 1 saturated heterocycles. The normalized spacial score (nSPS) is 16.7. The molecule has 2 aromatic rings. The predicted molar refractivity (Wildman–Crippen MR) is 98.4 cm³/mol. The average Bonchev–Trinajstić information content (AvgIpc) is 3.29. The Hall–Kier alpha value is -2.15. The van der Waals surface area contributed by atoms with Crippen LogP contribution in [-0.2, 0) is 11.3 Å². The van der Waals surface area contributed by atoms with Crippen LogP contribution in [0.4, 0.5) is 26.3 Å². The monoisotopic (exact) mass is 470 g/mol. The van der Waals surface area contributed by atoms with Crippen molar-refractivity contribution >= 4 is 17.2 Å². The number of hydrogen-bond donors (Lipinski definition) is 1. The Balaban J connectivity index is 1.64. The van der Waals surface area contributed by atoms with Gasteiger partial charge < -0.3 is 14.6 Å². The molecule has 0 radical (unpaired) electrons. The number of alkyl halides is 6. The lowest BCUT2D eigenvalue weighted by molar-refractivity contribution is -0.367. The summed E-state index contributed by atoms with van der Waals surface area (Å²) >= 11 is 1.51. The Bertz CT molecular complexity index is 901. The summed E-state index contributed by atoms with van der Waals surface area (Å²) in [6.45, 7) is 2.31. The first-order valence-electron chi connectivity index (χ1n) is 9.37. The van der Waals surface area contributed by atoms with E-state index in [0.29, 0.717) is 19.4 Å². The van der Waals surface area contributed by atoms with Crippen LogP contribution >= 0.6 is 11.3 Å². The minimum absolute atomic E-state index is 0.0298. The first-order chi connectivity index (χ1) is 14.3. The standard InChI is InChI=1S/C18H20F6N4O2S/c1-11-26-13(10-31-11)9-28-7-4-25-15(28)12-2-5-27(6-3-12)14(29)8-16(30,17(19,20)21)18(22,23)24/h4,7,10,12,30H,2-3,5-6,8-9H2,1H3. The van der Waals surface area contributed by atoms with Gasteiger partial charge in [-0.3, -0.25) is 4.79 Å². The molecule has 0 bridgehead atoms. The van der Waals surface area contributed by atoms with Crippen molar-refractivity contribution in [2.45, 2.75) is 56.6 Å². The molecule has 0 saturated carbocycles. The van der Waals surface area contributed by atoms with Gasteiger partial charge in [0.1, 0.15) is 5.82 Å². The number of aliphatic hydroxyl groups is 1. The third-order valence-electron chi connectivity index (χ3n) is 5.30. The minimum atomic E-state index is -6.02. The zero-order valence-electron chi connectivity index (χ0n) is 16.4. The summed E-state index contributed by atoms with van der Waals surface area (Å²) in [4.78, 5) is 21.8. The number of hydrogen-bond acceptors (Lipinski definition) is 5. The number of amides is 1. The number of rotatable bonds is 5. The van der Waals surface area contributed by atoms with Gasteiger partial charge in [-0.25, -0.2) is 9.97 Å². The van der Waals surface area contributed by atoms with Crippen LogP contribution in [0.15, 0.2) is 17.8 Å². The van der Waals surface area contributed by atoms with Gasteiger partial charge in [0.15, 0.2) is 0 Å². The second-order valence-electron chi connectivity index (χ2n) is 7.46. The Kier molecular flexibility index (Phi) is 6.38. The summed E-state index contributed by atoms with van der Waals surface area (Å²) < 4.78 is 79.0. The van der Waals surface area contributed by atoms with Crippen molar-refractivity contribution in [1.82, 2.24) is 19.4 Å². The molecule has 13 heteroatoms. The highest BCUT2D eigenvalue weighted by atomic mass is 32.1. The number of aryl methyl sites for hydroxylation is 1. The third-order valence-corrected chi connectivity index (χ3v) is 6.13. The molecule has 0 atom stereocenters. The van der Waals surface area contributed by atoms with Crippen LogP contribution in [0, 0.1) is 6.92 Å². The molecule has 3 rings (SSSR count). The van der Waals surface area contributed by atoms with Crippen LogP contribution in [0.5, 0.6) is 0 Å². The van der Waals surface area contributed by atoms with E-state index in [4.69, 9.17) is 0 Å². The first-order valence-corrected chi connectivity index (χ1v) is 10.3. The Morgan fingerprint density at radius 2 is 1.81 bits per heavy atom. The SMILES string of the molecule is Cc1nc(Cn2ccnc2C2CCN(C(=O)CC(O)(C(F)(F)F)C(F)(F)F)CC2)cs1. The number of imidazole rings is 1. The molecule has 6 nitrogen and oxygen atoms in total. The number of piperidine rings is 1. The molecule has 0 unspecified atom stereocenters. The predicted octanol–water partition coefficient (Wildman–Crippen LogP) is 3.65. The number of thiazole rings is 1. The lowest BCUT2D eigenvalue weighted by Crippen LogP contribution is -2.59. The molecule has 2 aromatic heterocycles. The summed E-state index contributed by atoms with van der Waals surface area (Å²) in [5, 5.41) is 12.1. The number of carbonyl (C=O) groups excluding carboxylic acids is 1. The number of carbonyl (C=O) groups is 1. The van der Waals surface area contributed by atoms with Gasteiger partial charge in [0, 0.05) is 36.8 Å². The molecule has 0 spiro atoms. The van der Waals surface area contributed by atoms with Crippen molar-refractivity contribution in [1.29, 1.82) is 0 Å². The van der Waals surface area contributed by atoms with Crippen molar-refractivity contribution < 1.29 is 36.2 Å². The van der Waals surface area contributed by atoms with Gasteiger partial charge in [-0.2, -0.15) is 26.3 Å². The van der Waals surface area contributed by atoms with Gasteiger partial charge in [-0.15, -0.1) is 11.3 Å². The highest BCUT2D eigenvalue weighted by molar-refractivity contribution is 7.09. The summed E-state index contributed by atoms with van der Waals surface area (Å²) in [6.07, 6.45) is -10.1. The average molecular weight is 470 g/mol. The van der Waals surface area contributed by atoms with Crippen LogP contribution in [0.25, 0.3) is 0 Å². The van der Waals surface area contributed by atoms with Crippen molar-refractivity contribution in [2.24, 2.45) is 0 Å². The van der Waals surface area contributed by atoms with E-state index in [-0.39, 0.29) is 19.0 Å². The highest BCUT2D eigenvalue weighted by Crippen LogP contribution is 2.45. The number of likely N-dealkylation sites (tertiary alicyclic amines) is 1. The molecule has 172 valence electrons. The van der Waals surface area contributed by atoms with E-state index >= 15 is 0 Å². The van der Waals surface area contributed by atoms with E-state index in [1.54, 1.807) is 12.4 Å². The van der Waals surface area contributed by atoms with Crippen molar-refractivity contribution in [3.8, 4) is 0 Å². The van der Waals surface area contributed by atoms with E-state index < -0.39 is 30.3 Å². The fourth-order valence-electron chi connectivity index (χ4n) is 3.55. The molecule has 0 aliphatic carbocycles. The van der Waals surface area contributed by atoms with Crippen molar-refractivity contribution in [3.63, 3.8) is 0 Å². The Morgan fingerprint density at radius 1 is 1.19 bits per heavy atom. The topological polar surface area (TPSA) is 71.2 Å². The second-order valence-corrected chi connectivity index (χ2v) is 8.52. The lowest BCUT2D eigenvalue weighted by atomic mass is 9.93. The van der Waals surface area contributed by atoms with E-state index in [9.17, 15) is 36.2 Å². The van der Waals surface area contributed by atoms with Crippen LogP contribution in [-0.4, -0.2) is 61.5 Å². The van der Waals surface area contributed by atoms with E-state index in [1.807, 2.05) is 16.9 Å². The van der Waals surface area contributed by atoms with Gasteiger partial charge in [0.25, 0.3) is 5.60 Å². The van der Waals surface area contributed by atoms with Crippen molar-refractivity contribution in [3.05, 3.63) is 34.3 Å². The fourth-order valence-corrected chi connectivity index (χ4v) is 4.15. The number of halogens is 6. The van der Waals surface area contributed by atoms with Crippen LogP contribution in [0.1, 0.15) is 41.7 Å². The summed E-state index contributed by atoms with van der Waals surface area (Å²) in [6, 6.07) is 0. The smallest absolute Gasteiger partial charge is 0.373 e. The molecule has 3 heterocycles. The maximum atomic E-state index is 12.8. The maximum absolute atomic E-state index is 12.8. The first kappa shape index (κ1) is 23.5. The van der Waals surface area contributed by atoms with E-state index in [2.05, 4.69) is 9.97 Å². The Morgan fingerprint density at radius 3 is 2.32 bits per heavy atom. The van der Waals surface area contributed by atoms with Gasteiger partial charge in [0.05, 0.1) is 23.7 Å². The van der Waals surface area contributed by atoms with Crippen LogP contribution < -0.4 is 0 Å². The molecule has 31 heavy (non-hydrogen) atoms. The lowest BCUT2D eigenvalue weighted by Gasteiger charge is -2.36. The van der Waals surface area contributed by atoms with Gasteiger partial charge in [0.2, 0.25) is 5.91 Å². The molecule has 1 aliphatic rings. The van der Waals surface area contributed by atoms with Crippen LogP contribution in [0.3, 0.4) is 0 Å². The summed E-state index contributed by atoms with van der Waals surface area (Å²) in [7, 11) is 0. The molecule has 0 aromatic carbocycles. The van der Waals surface area contributed by atoms with Crippen molar-refractivity contribution in [2.75, 3.05) is 13.1 Å². The number of nitrogens with zero attached hydrogens (tertiary/aromatic N) is 4. The molecule has 1 fully saturated rings. The Labute approximate surface area is 177 Å². The molecular weight excluding hydrogens is 450 g/mol. The van der Waals surface area contributed by atoms with E-state index in [0.717, 1.165) is 21.4 Å². The zero-order chi connectivity index (χ0) is 23.0. The fraction of sp³-hybridized carbons (Fsp3) is 0.611. The van der Waals surface area contributed by atoms with Crippen LogP contribution in [0.2, 0.25) is 0 Å². The third kappa shape index (κ3) is 4.86. The van der Waals surface area contributed by atoms with E-state index in [1.165, 1.54) is 11.3 Å². The molecule has 1 amide bonds. The quantitative estimate of drug-likeness (QED) is 0.678. The van der Waals surface area contributed by atoms with Gasteiger partial charge in [-0.1, -0.05) is 0 Å². The second kappa shape index (κ2) is 8.41. The largest absolute Gasteiger partial charge is 0.426 e. The number of aromatic nitrogens is 3. The van der Waals surface area contributed by atoms with Gasteiger partial charge in [-0.05, 0) is 19.8 Å². The zero-order valence-corrected chi connectivity index (χ0v) is 17.2. The minimum Gasteiger partial charge on any atom is -0.373 e. The maximum Gasteiger partial charge on any atom is 0.426 e. The molecule has 1 aliphatic heterocycles. The highest BCUT2D eigenvalue weighted by Gasteiger charge is 2.71. The molecule has 1 N–H and O–H groups in total.